The van der Waals surface area contributed by atoms with Gasteiger partial charge in [0.25, 0.3) is 0 Å². The van der Waals surface area contributed by atoms with Crippen molar-refractivity contribution >= 4 is 18.1 Å². The number of hydrogen-bond acceptors (Lipinski definition) is 2. The van der Waals surface area contributed by atoms with Gasteiger partial charge in [0.05, 0.1) is 0 Å². The number of para-hydroxylation sites is 1. The lowest BCUT2D eigenvalue weighted by molar-refractivity contribution is 0.333. The molecule has 2 aromatic carbocycles. The first-order valence-corrected chi connectivity index (χ1v) is 7.71. The van der Waals surface area contributed by atoms with E-state index >= 15 is 0 Å². The summed E-state index contributed by atoms with van der Waals surface area (Å²) < 4.78 is 0. The van der Waals surface area contributed by atoms with Crippen LogP contribution < -0.4 is 5.32 Å². The summed E-state index contributed by atoms with van der Waals surface area (Å²) in [6.07, 6.45) is 1.12. The predicted molar refractivity (Wildman–Crippen MR) is 97.2 cm³/mol. The average molecular weight is 317 g/mol. The van der Waals surface area contributed by atoms with E-state index in [1.807, 2.05) is 0 Å². The number of anilines is 1. The van der Waals surface area contributed by atoms with Gasteiger partial charge in [-0.25, -0.2) is 0 Å². The minimum atomic E-state index is 0. The zero-order valence-corrected chi connectivity index (χ0v) is 14.4. The smallest absolute Gasteiger partial charge is 0.0433 e. The first-order valence-electron chi connectivity index (χ1n) is 7.71. The van der Waals surface area contributed by atoms with Gasteiger partial charge in [0, 0.05) is 17.1 Å². The number of benzene rings is 2. The minimum absolute atomic E-state index is 0. The number of halogens is 1. The van der Waals surface area contributed by atoms with Gasteiger partial charge >= 0.3 is 0 Å². The van der Waals surface area contributed by atoms with E-state index in [9.17, 15) is 0 Å². The van der Waals surface area contributed by atoms with Crippen molar-refractivity contribution in [3.05, 3.63) is 65.7 Å². The fraction of sp³-hybridized carbons (Fsp3) is 0.368. The maximum absolute atomic E-state index is 3.69. The third-order valence-corrected chi connectivity index (χ3v) is 4.76. The number of hydrogen-bond donors (Lipinski definition) is 1. The molecule has 3 rings (SSSR count). The molecule has 0 amide bonds. The summed E-state index contributed by atoms with van der Waals surface area (Å²) in [6, 6.07) is 20.1. The monoisotopic (exact) mass is 316 g/mol. The van der Waals surface area contributed by atoms with Crippen LogP contribution in [0.25, 0.3) is 0 Å². The molecule has 0 fully saturated rings. The Kier molecular flexibility index (Phi) is 5.15. The molecule has 1 aliphatic heterocycles. The van der Waals surface area contributed by atoms with Crippen molar-refractivity contribution in [1.82, 2.24) is 4.90 Å². The van der Waals surface area contributed by atoms with Crippen LogP contribution in [0.5, 0.6) is 0 Å². The Labute approximate surface area is 140 Å². The summed E-state index contributed by atoms with van der Waals surface area (Å²) in [5.74, 6) is 0. The van der Waals surface area contributed by atoms with Gasteiger partial charge in [-0.3, -0.25) is 0 Å². The lowest BCUT2D eigenvalue weighted by atomic mass is 9.69. The van der Waals surface area contributed by atoms with Crippen molar-refractivity contribution in [3.8, 4) is 0 Å². The second-order valence-corrected chi connectivity index (χ2v) is 6.30. The molecule has 22 heavy (non-hydrogen) atoms. The summed E-state index contributed by atoms with van der Waals surface area (Å²) in [4.78, 5) is 2.28. The average Bonchev–Trinajstić information content (AvgIpc) is 2.79. The van der Waals surface area contributed by atoms with E-state index in [0.29, 0.717) is 6.04 Å². The molecule has 0 aromatic heterocycles. The highest BCUT2D eigenvalue weighted by molar-refractivity contribution is 5.85. The van der Waals surface area contributed by atoms with Crippen LogP contribution in [0, 0.1) is 0 Å². The van der Waals surface area contributed by atoms with E-state index in [1.165, 1.54) is 16.8 Å². The van der Waals surface area contributed by atoms with Crippen molar-refractivity contribution in [2.24, 2.45) is 0 Å². The number of nitrogens with zero attached hydrogens (tertiary/aromatic N) is 1. The maximum atomic E-state index is 3.69. The highest BCUT2D eigenvalue weighted by atomic mass is 35.5. The number of nitrogens with one attached hydrogen (secondary N) is 1. The molecular weight excluding hydrogens is 292 g/mol. The Morgan fingerprint density at radius 3 is 2.32 bits per heavy atom. The van der Waals surface area contributed by atoms with Crippen LogP contribution >= 0.6 is 12.4 Å². The fourth-order valence-corrected chi connectivity index (χ4v) is 3.62. The van der Waals surface area contributed by atoms with Crippen molar-refractivity contribution in [2.75, 3.05) is 26.0 Å². The van der Waals surface area contributed by atoms with E-state index in [2.05, 4.69) is 85.8 Å². The molecule has 0 bridgehead atoms. The Morgan fingerprint density at radius 2 is 1.64 bits per heavy atom. The predicted octanol–water partition coefficient (Wildman–Crippen LogP) is 4.16. The molecule has 3 heteroatoms. The van der Waals surface area contributed by atoms with Crippen molar-refractivity contribution < 1.29 is 0 Å². The van der Waals surface area contributed by atoms with Crippen LogP contribution in [0.2, 0.25) is 0 Å². The third kappa shape index (κ3) is 2.73. The zero-order chi connectivity index (χ0) is 14.9. The second-order valence-electron chi connectivity index (χ2n) is 6.30. The SMILES string of the molecule is CC1Nc2ccccc2C1(CCN(C)C)c1ccccc1.Cl. The van der Waals surface area contributed by atoms with E-state index in [0.717, 1.165) is 13.0 Å². The molecule has 0 saturated carbocycles. The van der Waals surface area contributed by atoms with Crippen molar-refractivity contribution in [2.45, 2.75) is 24.8 Å². The van der Waals surface area contributed by atoms with E-state index in [4.69, 9.17) is 0 Å². The molecule has 0 spiro atoms. The summed E-state index contributed by atoms with van der Waals surface area (Å²) >= 11 is 0. The summed E-state index contributed by atoms with van der Waals surface area (Å²) in [5, 5.41) is 3.69. The normalized spacial score (nSPS) is 22.8. The van der Waals surface area contributed by atoms with Crippen LogP contribution in [0.15, 0.2) is 54.6 Å². The third-order valence-electron chi connectivity index (χ3n) is 4.76. The highest BCUT2D eigenvalue weighted by Gasteiger charge is 2.45. The van der Waals surface area contributed by atoms with Crippen LogP contribution in [0.4, 0.5) is 5.69 Å². The quantitative estimate of drug-likeness (QED) is 0.911. The van der Waals surface area contributed by atoms with Crippen molar-refractivity contribution in [1.29, 1.82) is 0 Å². The molecule has 2 atom stereocenters. The molecule has 0 radical (unpaired) electrons. The Morgan fingerprint density at radius 1 is 1.00 bits per heavy atom. The van der Waals surface area contributed by atoms with E-state index in [1.54, 1.807) is 0 Å². The lowest BCUT2D eigenvalue weighted by Gasteiger charge is -2.36. The van der Waals surface area contributed by atoms with E-state index < -0.39 is 0 Å². The molecule has 1 heterocycles. The zero-order valence-electron chi connectivity index (χ0n) is 13.5. The van der Waals surface area contributed by atoms with Gasteiger partial charge < -0.3 is 10.2 Å². The molecular formula is C19H25ClN2. The van der Waals surface area contributed by atoms with Crippen LogP contribution in [-0.4, -0.2) is 31.6 Å². The van der Waals surface area contributed by atoms with Crippen molar-refractivity contribution in [3.63, 3.8) is 0 Å². The minimum Gasteiger partial charge on any atom is -0.381 e. The molecule has 1 aliphatic rings. The maximum Gasteiger partial charge on any atom is 0.0433 e. The Hall–Kier alpha value is -1.51. The van der Waals surface area contributed by atoms with Crippen LogP contribution in [0.3, 0.4) is 0 Å². The molecule has 1 N–H and O–H groups in total. The Bertz CT molecular complexity index is 612. The van der Waals surface area contributed by atoms with Gasteiger partial charge in [-0.15, -0.1) is 12.4 Å². The molecule has 2 nitrogen and oxygen atoms in total. The fourth-order valence-electron chi connectivity index (χ4n) is 3.62. The molecule has 0 saturated heterocycles. The standard InChI is InChI=1S/C19H24N2.ClH/c1-15-19(13-14-21(2)3,16-9-5-4-6-10-16)17-11-7-8-12-18(17)20-15;/h4-12,15,20H,13-14H2,1-3H3;1H. The van der Waals surface area contributed by atoms with Crippen LogP contribution in [-0.2, 0) is 5.41 Å². The largest absolute Gasteiger partial charge is 0.381 e. The molecule has 118 valence electrons. The molecule has 0 aliphatic carbocycles. The van der Waals surface area contributed by atoms with Gasteiger partial charge in [0.15, 0.2) is 0 Å². The van der Waals surface area contributed by atoms with Gasteiger partial charge in [0.2, 0.25) is 0 Å². The topological polar surface area (TPSA) is 15.3 Å². The van der Waals surface area contributed by atoms with Gasteiger partial charge in [-0.2, -0.15) is 0 Å². The summed E-state index contributed by atoms with van der Waals surface area (Å²) in [5.41, 5.74) is 4.19. The van der Waals surface area contributed by atoms with Gasteiger partial charge in [-0.05, 0) is 51.2 Å². The first-order chi connectivity index (χ1) is 10.1. The second kappa shape index (κ2) is 6.72. The number of rotatable bonds is 4. The molecule has 2 aromatic rings. The molecule has 2 unspecified atom stereocenters. The van der Waals surface area contributed by atoms with Crippen LogP contribution in [0.1, 0.15) is 24.5 Å². The first kappa shape index (κ1) is 16.9. The highest BCUT2D eigenvalue weighted by Crippen LogP contribution is 2.48. The lowest BCUT2D eigenvalue weighted by Crippen LogP contribution is -2.40. The van der Waals surface area contributed by atoms with Gasteiger partial charge in [-0.1, -0.05) is 48.5 Å². The summed E-state index contributed by atoms with van der Waals surface area (Å²) in [6.45, 7) is 3.39. The Balaban J connectivity index is 0.00000176. The number of fused-ring (bicyclic) bond motifs is 1. The van der Waals surface area contributed by atoms with Gasteiger partial charge in [0.1, 0.15) is 0 Å². The van der Waals surface area contributed by atoms with E-state index in [-0.39, 0.29) is 17.8 Å². The summed E-state index contributed by atoms with van der Waals surface area (Å²) in [7, 11) is 4.30.